The highest BCUT2D eigenvalue weighted by Crippen LogP contribution is 2.41. The zero-order chi connectivity index (χ0) is 22.1. The van der Waals surface area contributed by atoms with Crippen molar-refractivity contribution in [2.45, 2.75) is 18.3 Å². The molecule has 2 nitrogen and oxygen atoms in total. The van der Waals surface area contributed by atoms with Crippen molar-refractivity contribution in [1.82, 2.24) is 0 Å². The number of carboxylic acid groups (broad SMARTS) is 1. The third-order valence-electron chi connectivity index (χ3n) is 3.74. The van der Waals surface area contributed by atoms with E-state index in [2.05, 4.69) is 0 Å². The maximum atomic E-state index is 14.5. The molecule has 0 fully saturated rings. The van der Waals surface area contributed by atoms with Gasteiger partial charge in [0.1, 0.15) is 11.7 Å². The molecular formula is C18H9Cl2F7O2. The van der Waals surface area contributed by atoms with Gasteiger partial charge in [0.15, 0.2) is 0 Å². The normalized spacial score (nSPS) is 14.0. The second-order valence-electron chi connectivity index (χ2n) is 5.80. The molecule has 0 heterocycles. The van der Waals surface area contributed by atoms with Crippen LogP contribution in [0.1, 0.15) is 33.0 Å². The summed E-state index contributed by atoms with van der Waals surface area (Å²) in [6, 6.07) is 4.18. The lowest BCUT2D eigenvalue weighted by Gasteiger charge is -2.18. The Morgan fingerprint density at radius 3 is 1.97 bits per heavy atom. The number of benzene rings is 2. The Morgan fingerprint density at radius 2 is 1.52 bits per heavy atom. The number of allylic oxidation sites excluding steroid dienone is 1. The van der Waals surface area contributed by atoms with Crippen molar-refractivity contribution in [3.8, 4) is 0 Å². The van der Waals surface area contributed by atoms with E-state index in [-0.39, 0.29) is 22.2 Å². The summed E-state index contributed by atoms with van der Waals surface area (Å²) in [5, 5.41) is 8.52. The van der Waals surface area contributed by atoms with Gasteiger partial charge in [0.2, 0.25) is 0 Å². The van der Waals surface area contributed by atoms with Gasteiger partial charge in [0, 0.05) is 15.6 Å². The first-order chi connectivity index (χ1) is 13.2. The molecule has 1 unspecified atom stereocenters. The van der Waals surface area contributed by atoms with Gasteiger partial charge in [-0.15, -0.1) is 0 Å². The van der Waals surface area contributed by atoms with Crippen molar-refractivity contribution in [3.63, 3.8) is 0 Å². The quantitative estimate of drug-likeness (QED) is 0.483. The minimum atomic E-state index is -5.16. The first-order valence-electron chi connectivity index (χ1n) is 7.55. The zero-order valence-corrected chi connectivity index (χ0v) is 15.4. The number of carboxylic acids is 1. The highest BCUT2D eigenvalue weighted by molar-refractivity contribution is 6.34. The van der Waals surface area contributed by atoms with E-state index in [0.717, 1.165) is 18.2 Å². The van der Waals surface area contributed by atoms with Crippen LogP contribution in [0.2, 0.25) is 10.0 Å². The second kappa shape index (κ2) is 8.23. The van der Waals surface area contributed by atoms with E-state index in [9.17, 15) is 35.5 Å². The lowest BCUT2D eigenvalue weighted by molar-refractivity contribution is -0.140. The molecule has 0 aliphatic carbocycles. The molecule has 0 bridgehead atoms. The smallest absolute Gasteiger partial charge is 0.417 e. The van der Waals surface area contributed by atoms with Crippen LogP contribution in [0.25, 0.3) is 5.83 Å². The fourth-order valence-electron chi connectivity index (χ4n) is 2.49. The first kappa shape index (κ1) is 23.0. The van der Waals surface area contributed by atoms with Crippen LogP contribution in [0.5, 0.6) is 0 Å². The van der Waals surface area contributed by atoms with Gasteiger partial charge in [-0.25, -0.2) is 9.18 Å². The lowest BCUT2D eigenvalue weighted by atomic mass is 9.95. The van der Waals surface area contributed by atoms with E-state index < -0.39 is 52.3 Å². The number of rotatable bonds is 4. The molecule has 156 valence electrons. The highest BCUT2D eigenvalue weighted by Gasteiger charge is 2.40. The minimum absolute atomic E-state index is 0.0674. The van der Waals surface area contributed by atoms with E-state index in [0.29, 0.717) is 12.1 Å². The van der Waals surface area contributed by atoms with Crippen molar-refractivity contribution in [2.75, 3.05) is 0 Å². The minimum Gasteiger partial charge on any atom is -0.478 e. The molecule has 11 heteroatoms. The average Bonchev–Trinajstić information content (AvgIpc) is 2.56. The summed E-state index contributed by atoms with van der Waals surface area (Å²) in [5.74, 6) is -6.12. The largest absolute Gasteiger partial charge is 0.478 e. The molecule has 0 aliphatic rings. The van der Waals surface area contributed by atoms with Crippen molar-refractivity contribution < 1.29 is 40.6 Å². The van der Waals surface area contributed by atoms with E-state index in [1.165, 1.54) is 0 Å². The topological polar surface area (TPSA) is 37.3 Å². The fraction of sp³-hybridized carbons (Fsp3) is 0.167. The summed E-state index contributed by atoms with van der Waals surface area (Å²) in [6.07, 6.45) is -10.1. The molecule has 2 rings (SSSR count). The van der Waals surface area contributed by atoms with Crippen LogP contribution >= 0.6 is 23.2 Å². The van der Waals surface area contributed by atoms with E-state index >= 15 is 0 Å². The van der Waals surface area contributed by atoms with E-state index in [4.69, 9.17) is 28.3 Å². The maximum Gasteiger partial charge on any atom is 0.417 e. The molecule has 0 saturated carbocycles. The number of hydrogen-bond donors (Lipinski definition) is 1. The number of carbonyl (C=O) groups is 1. The van der Waals surface area contributed by atoms with Gasteiger partial charge < -0.3 is 5.11 Å². The summed E-state index contributed by atoms with van der Waals surface area (Å²) in [4.78, 5) is 10.9. The Balaban J connectivity index is 2.60. The molecule has 1 atom stereocenters. The Kier molecular flexibility index (Phi) is 6.54. The highest BCUT2D eigenvalue weighted by atomic mass is 35.5. The van der Waals surface area contributed by atoms with Crippen LogP contribution < -0.4 is 0 Å². The van der Waals surface area contributed by atoms with Crippen LogP contribution in [-0.4, -0.2) is 17.3 Å². The Morgan fingerprint density at radius 1 is 0.966 bits per heavy atom. The average molecular weight is 461 g/mol. The third kappa shape index (κ3) is 5.63. The number of halogens is 9. The molecule has 0 saturated heterocycles. The van der Waals surface area contributed by atoms with Crippen LogP contribution in [0, 0.1) is 0 Å². The van der Waals surface area contributed by atoms with Crippen molar-refractivity contribution in [1.29, 1.82) is 0 Å². The fourth-order valence-corrected chi connectivity index (χ4v) is 3.03. The van der Waals surface area contributed by atoms with Crippen LogP contribution in [0.4, 0.5) is 30.7 Å². The van der Waals surface area contributed by atoms with Crippen molar-refractivity contribution in [3.05, 3.63) is 74.8 Å². The predicted octanol–water partition coefficient (Wildman–Crippen LogP) is 7.37. The van der Waals surface area contributed by atoms with Crippen molar-refractivity contribution >= 4 is 35.0 Å². The molecule has 2 aromatic carbocycles. The summed E-state index contributed by atoms with van der Waals surface area (Å²) >= 11 is 11.3. The molecule has 1 N–H and O–H groups in total. The number of hydrogen-bond acceptors (Lipinski definition) is 1. The van der Waals surface area contributed by atoms with Gasteiger partial charge >= 0.3 is 18.3 Å². The second-order valence-corrected chi connectivity index (χ2v) is 6.67. The summed E-state index contributed by atoms with van der Waals surface area (Å²) in [7, 11) is 0. The van der Waals surface area contributed by atoms with Gasteiger partial charge in [0.05, 0.1) is 11.1 Å². The van der Waals surface area contributed by atoms with Gasteiger partial charge in [-0.05, 0) is 42.0 Å². The molecule has 0 radical (unpaired) electrons. The number of aromatic carboxylic acids is 1. The van der Waals surface area contributed by atoms with E-state index in [1.807, 2.05) is 0 Å². The third-order valence-corrected chi connectivity index (χ3v) is 4.18. The van der Waals surface area contributed by atoms with Crippen LogP contribution in [-0.2, 0) is 6.18 Å². The molecule has 0 aromatic heterocycles. The molecule has 29 heavy (non-hydrogen) atoms. The SMILES string of the molecule is O=C(O)c1ccc(C(F)=CC(c2cc(Cl)cc(Cl)c2)C(F)(F)F)cc1C(F)(F)F. The summed E-state index contributed by atoms with van der Waals surface area (Å²) < 4.78 is 93.9. The molecule has 0 aliphatic heterocycles. The number of alkyl halides is 6. The molecular weight excluding hydrogens is 452 g/mol. The van der Waals surface area contributed by atoms with Gasteiger partial charge in [-0.2, -0.15) is 26.3 Å². The Bertz CT molecular complexity index is 945. The maximum absolute atomic E-state index is 14.5. The van der Waals surface area contributed by atoms with Gasteiger partial charge in [-0.3, -0.25) is 0 Å². The Labute approximate surface area is 169 Å². The summed E-state index contributed by atoms with van der Waals surface area (Å²) in [6.45, 7) is 0. The van der Waals surface area contributed by atoms with Gasteiger partial charge in [-0.1, -0.05) is 29.3 Å². The Hall–Kier alpha value is -2.26. The molecule has 0 amide bonds. The van der Waals surface area contributed by atoms with Gasteiger partial charge in [0.25, 0.3) is 0 Å². The lowest BCUT2D eigenvalue weighted by Crippen LogP contribution is -2.19. The molecule has 2 aromatic rings. The zero-order valence-electron chi connectivity index (χ0n) is 13.9. The van der Waals surface area contributed by atoms with E-state index in [1.54, 1.807) is 0 Å². The van der Waals surface area contributed by atoms with Crippen molar-refractivity contribution in [2.24, 2.45) is 0 Å². The standard InChI is InChI=1S/C18H9Cl2F7O2/c19-10-3-9(4-11(20)6-10)13(17(22,23)24)7-15(21)8-1-2-12(16(28)29)14(5-8)18(25,26)27/h1-7,13H,(H,28,29). The monoisotopic (exact) mass is 460 g/mol. The predicted molar refractivity (Wildman–Crippen MR) is 92.7 cm³/mol. The molecule has 0 spiro atoms. The first-order valence-corrected chi connectivity index (χ1v) is 8.30. The summed E-state index contributed by atoms with van der Waals surface area (Å²) in [5.41, 5.74) is -4.25. The van der Waals surface area contributed by atoms with Crippen LogP contribution in [0.15, 0.2) is 42.5 Å². The van der Waals surface area contributed by atoms with Crippen LogP contribution in [0.3, 0.4) is 0 Å².